The van der Waals surface area contributed by atoms with Crippen molar-refractivity contribution in [3.8, 4) is 0 Å². The van der Waals surface area contributed by atoms with Crippen molar-refractivity contribution in [3.05, 3.63) is 0 Å². The Bertz CT molecular complexity index is 150. The van der Waals surface area contributed by atoms with Crippen molar-refractivity contribution in [3.63, 3.8) is 0 Å². The van der Waals surface area contributed by atoms with E-state index in [4.69, 9.17) is 16.3 Å². The van der Waals surface area contributed by atoms with Crippen molar-refractivity contribution in [1.82, 2.24) is 0 Å². The van der Waals surface area contributed by atoms with Gasteiger partial charge in [0, 0.05) is 6.16 Å². The molecule has 0 saturated heterocycles. The normalized spacial score (nSPS) is 15.9. The lowest BCUT2D eigenvalue weighted by Crippen LogP contribution is -1.94. The third-order valence-corrected chi connectivity index (χ3v) is 4.03. The van der Waals surface area contributed by atoms with E-state index in [1.165, 1.54) is 12.8 Å². The Balaban J connectivity index is 3.41. The molecule has 0 rings (SSSR count). The standard InChI is InChI=1S/C8H19O2PS/c1-3-5-6-7-8-11(9,12)10-4-2/h3-8H2,1-2H3,(H,9,12). The molecule has 0 spiro atoms. The average Bonchev–Trinajstić information content (AvgIpc) is 1.98. The van der Waals surface area contributed by atoms with Crippen LogP contribution in [0, 0.1) is 0 Å². The van der Waals surface area contributed by atoms with E-state index in [-0.39, 0.29) is 0 Å². The number of hydrogen-bond acceptors (Lipinski definition) is 2. The molecule has 0 aromatic carbocycles. The predicted molar refractivity (Wildman–Crippen MR) is 57.1 cm³/mol. The summed E-state index contributed by atoms with van der Waals surface area (Å²) in [5, 5.41) is 0. The van der Waals surface area contributed by atoms with Crippen LogP contribution >= 0.6 is 6.49 Å². The lowest BCUT2D eigenvalue weighted by atomic mass is 10.2. The summed E-state index contributed by atoms with van der Waals surface area (Å²) in [4.78, 5) is 9.52. The molecule has 4 heteroatoms. The first-order valence-electron chi connectivity index (χ1n) is 4.58. The highest BCUT2D eigenvalue weighted by molar-refractivity contribution is 8.09. The largest absolute Gasteiger partial charge is 0.345 e. The Hall–Kier alpha value is 0.570. The molecular weight excluding hydrogens is 191 g/mol. The summed E-state index contributed by atoms with van der Waals surface area (Å²) in [6.45, 7) is 2.16. The Labute approximate surface area is 80.5 Å². The van der Waals surface area contributed by atoms with Gasteiger partial charge in [-0.3, -0.25) is 0 Å². The number of unbranched alkanes of at least 4 members (excludes halogenated alkanes) is 3. The summed E-state index contributed by atoms with van der Waals surface area (Å²) in [6.07, 6.45) is 5.27. The molecule has 2 nitrogen and oxygen atoms in total. The Morgan fingerprint density at radius 1 is 1.25 bits per heavy atom. The highest BCUT2D eigenvalue weighted by Crippen LogP contribution is 2.42. The fraction of sp³-hybridized carbons (Fsp3) is 1.00. The van der Waals surface area contributed by atoms with Crippen LogP contribution in [0.1, 0.15) is 39.5 Å². The summed E-state index contributed by atoms with van der Waals surface area (Å²) in [5.74, 6) is 0. The van der Waals surface area contributed by atoms with Crippen LogP contribution in [0.5, 0.6) is 0 Å². The summed E-state index contributed by atoms with van der Waals surface area (Å²) in [7, 11) is 0. The van der Waals surface area contributed by atoms with E-state index in [1.807, 2.05) is 6.92 Å². The molecule has 0 fully saturated rings. The Morgan fingerprint density at radius 3 is 2.42 bits per heavy atom. The molecule has 74 valence electrons. The zero-order valence-corrected chi connectivity index (χ0v) is 9.66. The van der Waals surface area contributed by atoms with E-state index in [0.717, 1.165) is 12.8 Å². The van der Waals surface area contributed by atoms with Gasteiger partial charge in [-0.25, -0.2) is 0 Å². The van der Waals surface area contributed by atoms with E-state index in [9.17, 15) is 4.89 Å². The SMILES string of the molecule is CCCCCCP(O)(=S)OCC. The maximum atomic E-state index is 9.52. The molecule has 1 N–H and O–H groups in total. The molecular formula is C8H19O2PS. The maximum Gasteiger partial charge on any atom is 0.186 e. The van der Waals surface area contributed by atoms with Crippen LogP contribution in [0.3, 0.4) is 0 Å². The van der Waals surface area contributed by atoms with Crippen LogP contribution in [0.4, 0.5) is 0 Å². The minimum atomic E-state index is -2.40. The van der Waals surface area contributed by atoms with Gasteiger partial charge in [-0.15, -0.1) is 0 Å². The van der Waals surface area contributed by atoms with Crippen LogP contribution in [0.15, 0.2) is 0 Å². The third-order valence-electron chi connectivity index (χ3n) is 1.63. The molecule has 0 aliphatic rings. The molecule has 0 saturated carbocycles. The van der Waals surface area contributed by atoms with Crippen molar-refractivity contribution >= 4 is 18.3 Å². The summed E-state index contributed by atoms with van der Waals surface area (Å²) >= 11 is 4.94. The maximum absolute atomic E-state index is 9.52. The Morgan fingerprint density at radius 2 is 1.92 bits per heavy atom. The molecule has 0 aliphatic carbocycles. The molecule has 0 heterocycles. The van der Waals surface area contributed by atoms with Gasteiger partial charge in [0.25, 0.3) is 0 Å². The minimum absolute atomic E-state index is 0.529. The van der Waals surface area contributed by atoms with E-state index in [1.54, 1.807) is 0 Å². The molecule has 0 radical (unpaired) electrons. The average molecular weight is 210 g/mol. The van der Waals surface area contributed by atoms with Crippen molar-refractivity contribution < 1.29 is 9.42 Å². The first kappa shape index (κ1) is 12.6. The highest BCUT2D eigenvalue weighted by Gasteiger charge is 2.10. The van der Waals surface area contributed by atoms with Crippen LogP contribution in [0.2, 0.25) is 0 Å². The second-order valence-electron chi connectivity index (χ2n) is 2.84. The molecule has 0 aromatic rings. The lowest BCUT2D eigenvalue weighted by molar-refractivity contribution is 0.326. The summed E-state index contributed by atoms with van der Waals surface area (Å²) in [5.41, 5.74) is 0. The third kappa shape index (κ3) is 7.23. The molecule has 1 unspecified atom stereocenters. The summed E-state index contributed by atoms with van der Waals surface area (Å²) in [6, 6.07) is 0. The van der Waals surface area contributed by atoms with Crippen LogP contribution < -0.4 is 0 Å². The Kier molecular flexibility index (Phi) is 7.35. The van der Waals surface area contributed by atoms with Gasteiger partial charge >= 0.3 is 0 Å². The first-order valence-corrected chi connectivity index (χ1v) is 7.44. The smallest absolute Gasteiger partial charge is 0.186 e. The molecule has 0 amide bonds. The zero-order valence-electron chi connectivity index (χ0n) is 7.95. The lowest BCUT2D eigenvalue weighted by Gasteiger charge is -2.13. The zero-order chi connectivity index (χ0) is 9.45. The van der Waals surface area contributed by atoms with Gasteiger partial charge in [-0.1, -0.05) is 26.2 Å². The van der Waals surface area contributed by atoms with E-state index < -0.39 is 6.49 Å². The second-order valence-corrected chi connectivity index (χ2v) is 6.53. The van der Waals surface area contributed by atoms with Crippen molar-refractivity contribution in [2.24, 2.45) is 0 Å². The molecule has 1 atom stereocenters. The van der Waals surface area contributed by atoms with Crippen LogP contribution in [-0.2, 0) is 16.3 Å². The van der Waals surface area contributed by atoms with Crippen LogP contribution in [-0.4, -0.2) is 17.7 Å². The van der Waals surface area contributed by atoms with Gasteiger partial charge in [0.15, 0.2) is 6.49 Å². The molecule has 12 heavy (non-hydrogen) atoms. The van der Waals surface area contributed by atoms with Gasteiger partial charge in [0.1, 0.15) is 0 Å². The van der Waals surface area contributed by atoms with Crippen molar-refractivity contribution in [1.29, 1.82) is 0 Å². The van der Waals surface area contributed by atoms with E-state index in [2.05, 4.69) is 6.92 Å². The minimum Gasteiger partial charge on any atom is -0.345 e. The molecule has 0 bridgehead atoms. The first-order chi connectivity index (χ1) is 5.62. The highest BCUT2D eigenvalue weighted by atomic mass is 32.5. The fourth-order valence-electron chi connectivity index (χ4n) is 1.00. The van der Waals surface area contributed by atoms with Gasteiger partial charge < -0.3 is 9.42 Å². The van der Waals surface area contributed by atoms with Gasteiger partial charge in [-0.2, -0.15) is 0 Å². The predicted octanol–water partition coefficient (Wildman–Crippen LogP) is 2.91. The molecule has 0 aromatic heterocycles. The van der Waals surface area contributed by atoms with Gasteiger partial charge in [-0.05, 0) is 25.2 Å². The topological polar surface area (TPSA) is 29.5 Å². The van der Waals surface area contributed by atoms with E-state index >= 15 is 0 Å². The fourth-order valence-corrected chi connectivity index (χ4v) is 2.86. The number of rotatable bonds is 7. The van der Waals surface area contributed by atoms with Gasteiger partial charge in [0.05, 0.1) is 6.61 Å². The quantitative estimate of drug-likeness (QED) is 0.517. The monoisotopic (exact) mass is 210 g/mol. The van der Waals surface area contributed by atoms with Crippen molar-refractivity contribution in [2.45, 2.75) is 39.5 Å². The van der Waals surface area contributed by atoms with Crippen LogP contribution in [0.25, 0.3) is 0 Å². The number of hydrogen-bond donors (Lipinski definition) is 1. The summed E-state index contributed by atoms with van der Waals surface area (Å²) < 4.78 is 5.09. The van der Waals surface area contributed by atoms with Crippen molar-refractivity contribution in [2.75, 3.05) is 12.8 Å². The van der Waals surface area contributed by atoms with Gasteiger partial charge in [0.2, 0.25) is 0 Å². The van der Waals surface area contributed by atoms with E-state index in [0.29, 0.717) is 12.8 Å². The molecule has 0 aliphatic heterocycles. The second kappa shape index (κ2) is 7.02.